The number of H-pyrrole nitrogens is 1. The van der Waals surface area contributed by atoms with Crippen LogP contribution >= 0.6 is 0 Å². The first-order valence-corrected chi connectivity index (χ1v) is 6.17. The fraction of sp³-hybridized carbons (Fsp3) is 0.231. The molecule has 0 spiro atoms. The Bertz CT molecular complexity index is 696. The van der Waals surface area contributed by atoms with Gasteiger partial charge in [0.15, 0.2) is 0 Å². The van der Waals surface area contributed by atoms with Gasteiger partial charge in [0, 0.05) is 37.3 Å². The van der Waals surface area contributed by atoms with Gasteiger partial charge in [0.2, 0.25) is 0 Å². The quantitative estimate of drug-likeness (QED) is 0.618. The zero-order chi connectivity index (χ0) is 13.2. The van der Waals surface area contributed by atoms with Crippen molar-refractivity contribution < 1.29 is 0 Å². The number of anilines is 2. The molecule has 6 nitrogen and oxygen atoms in total. The molecule has 19 heavy (non-hydrogen) atoms. The number of hydrogen-bond acceptors (Lipinski definition) is 4. The molecule has 0 fully saturated rings. The van der Waals surface area contributed by atoms with Crippen molar-refractivity contribution >= 4 is 22.3 Å². The monoisotopic (exact) mass is 256 g/mol. The Kier molecular flexibility index (Phi) is 2.83. The van der Waals surface area contributed by atoms with Crippen LogP contribution in [0.15, 0.2) is 30.6 Å². The maximum Gasteiger partial charge on any atom is 0.0672 e. The molecule has 0 radical (unpaired) electrons. The lowest BCUT2D eigenvalue weighted by atomic mass is 10.2. The Morgan fingerprint density at radius 1 is 1.42 bits per heavy atom. The predicted molar refractivity (Wildman–Crippen MR) is 75.9 cm³/mol. The second-order valence-corrected chi connectivity index (χ2v) is 4.52. The molecule has 2 heterocycles. The van der Waals surface area contributed by atoms with Crippen LogP contribution in [0.5, 0.6) is 0 Å². The summed E-state index contributed by atoms with van der Waals surface area (Å²) in [4.78, 5) is 0. The summed E-state index contributed by atoms with van der Waals surface area (Å²) in [5.41, 5.74) is 9.85. The maximum absolute atomic E-state index is 6.01. The number of aryl methyl sites for hydroxylation is 1. The van der Waals surface area contributed by atoms with Crippen LogP contribution in [-0.2, 0) is 13.5 Å². The Morgan fingerprint density at radius 2 is 2.32 bits per heavy atom. The van der Waals surface area contributed by atoms with Crippen LogP contribution in [-0.4, -0.2) is 26.5 Å². The molecule has 6 heteroatoms. The Morgan fingerprint density at radius 3 is 3.11 bits per heavy atom. The fourth-order valence-electron chi connectivity index (χ4n) is 2.13. The first kappa shape index (κ1) is 11.6. The van der Waals surface area contributed by atoms with Gasteiger partial charge in [-0.1, -0.05) is 0 Å². The number of fused-ring (bicyclic) bond motifs is 1. The van der Waals surface area contributed by atoms with Crippen molar-refractivity contribution in [2.75, 3.05) is 17.6 Å². The normalized spacial score (nSPS) is 11.0. The molecule has 0 amide bonds. The molecular formula is C13H16N6. The van der Waals surface area contributed by atoms with Crippen LogP contribution in [0.3, 0.4) is 0 Å². The lowest BCUT2D eigenvalue weighted by Gasteiger charge is -2.09. The van der Waals surface area contributed by atoms with E-state index in [-0.39, 0.29) is 0 Å². The SMILES string of the molecule is Cn1nccc1CCNc1cc2[nH]ncc2cc1N. The van der Waals surface area contributed by atoms with E-state index in [1.165, 1.54) is 5.69 Å². The average molecular weight is 256 g/mol. The third-order valence-corrected chi connectivity index (χ3v) is 3.23. The number of aromatic amines is 1. The molecule has 0 saturated carbocycles. The molecule has 0 aliphatic carbocycles. The van der Waals surface area contributed by atoms with Crippen LogP contribution in [0.25, 0.3) is 10.9 Å². The number of hydrogen-bond donors (Lipinski definition) is 3. The van der Waals surface area contributed by atoms with E-state index in [0.29, 0.717) is 0 Å². The highest BCUT2D eigenvalue weighted by Crippen LogP contribution is 2.24. The number of benzene rings is 1. The minimum atomic E-state index is 0.735. The van der Waals surface area contributed by atoms with E-state index in [1.54, 1.807) is 12.4 Å². The molecule has 0 unspecified atom stereocenters. The summed E-state index contributed by atoms with van der Waals surface area (Å²) in [7, 11) is 1.94. The van der Waals surface area contributed by atoms with Gasteiger partial charge in [-0.15, -0.1) is 0 Å². The minimum absolute atomic E-state index is 0.735. The van der Waals surface area contributed by atoms with Crippen molar-refractivity contribution in [1.82, 2.24) is 20.0 Å². The molecule has 4 N–H and O–H groups in total. The summed E-state index contributed by atoms with van der Waals surface area (Å²) < 4.78 is 1.88. The summed E-state index contributed by atoms with van der Waals surface area (Å²) in [5, 5.41) is 15.5. The van der Waals surface area contributed by atoms with Crippen LogP contribution in [0.2, 0.25) is 0 Å². The summed E-state index contributed by atoms with van der Waals surface area (Å²) in [6, 6.07) is 5.93. The highest BCUT2D eigenvalue weighted by molar-refractivity contribution is 5.88. The van der Waals surface area contributed by atoms with E-state index in [4.69, 9.17) is 5.73 Å². The summed E-state index contributed by atoms with van der Waals surface area (Å²) in [5.74, 6) is 0. The fourth-order valence-corrected chi connectivity index (χ4v) is 2.13. The largest absolute Gasteiger partial charge is 0.397 e. The number of nitrogens with one attached hydrogen (secondary N) is 2. The molecule has 98 valence electrons. The van der Waals surface area contributed by atoms with Crippen molar-refractivity contribution in [3.63, 3.8) is 0 Å². The van der Waals surface area contributed by atoms with Gasteiger partial charge in [-0.05, 0) is 18.2 Å². The summed E-state index contributed by atoms with van der Waals surface area (Å²) in [6.07, 6.45) is 4.47. The van der Waals surface area contributed by atoms with Gasteiger partial charge in [0.25, 0.3) is 0 Å². The molecule has 3 aromatic rings. The van der Waals surface area contributed by atoms with Crippen LogP contribution in [0.4, 0.5) is 11.4 Å². The topological polar surface area (TPSA) is 84.5 Å². The Labute approximate surface area is 110 Å². The number of nitrogens with zero attached hydrogens (tertiary/aromatic N) is 3. The minimum Gasteiger partial charge on any atom is -0.397 e. The van der Waals surface area contributed by atoms with E-state index in [2.05, 4.69) is 20.6 Å². The molecule has 0 aliphatic heterocycles. The molecule has 2 aromatic heterocycles. The van der Waals surface area contributed by atoms with Crippen LogP contribution < -0.4 is 11.1 Å². The number of nitrogens with two attached hydrogens (primary N) is 1. The number of rotatable bonds is 4. The molecule has 0 bridgehead atoms. The number of aromatic nitrogens is 4. The third kappa shape index (κ3) is 2.24. The zero-order valence-corrected chi connectivity index (χ0v) is 10.7. The van der Waals surface area contributed by atoms with Gasteiger partial charge in [-0.3, -0.25) is 9.78 Å². The first-order valence-electron chi connectivity index (χ1n) is 6.17. The van der Waals surface area contributed by atoms with Crippen molar-refractivity contribution in [3.05, 3.63) is 36.3 Å². The molecule has 0 saturated heterocycles. The Balaban J connectivity index is 1.71. The van der Waals surface area contributed by atoms with E-state index in [9.17, 15) is 0 Å². The second kappa shape index (κ2) is 4.64. The van der Waals surface area contributed by atoms with Gasteiger partial charge in [-0.2, -0.15) is 10.2 Å². The molecule has 3 rings (SSSR count). The zero-order valence-electron chi connectivity index (χ0n) is 10.7. The maximum atomic E-state index is 6.01. The molecule has 1 aromatic carbocycles. The third-order valence-electron chi connectivity index (χ3n) is 3.23. The van der Waals surface area contributed by atoms with Gasteiger partial charge in [0.1, 0.15) is 0 Å². The lowest BCUT2D eigenvalue weighted by molar-refractivity contribution is 0.711. The van der Waals surface area contributed by atoms with Crippen molar-refractivity contribution in [2.24, 2.45) is 7.05 Å². The van der Waals surface area contributed by atoms with Crippen LogP contribution in [0.1, 0.15) is 5.69 Å². The van der Waals surface area contributed by atoms with Crippen LogP contribution in [0, 0.1) is 0 Å². The van der Waals surface area contributed by atoms with Crippen molar-refractivity contribution in [2.45, 2.75) is 6.42 Å². The molecule has 0 atom stereocenters. The summed E-state index contributed by atoms with van der Waals surface area (Å²) >= 11 is 0. The lowest BCUT2D eigenvalue weighted by Crippen LogP contribution is -2.09. The summed E-state index contributed by atoms with van der Waals surface area (Å²) in [6.45, 7) is 0.809. The predicted octanol–water partition coefficient (Wildman–Crippen LogP) is 1.53. The smallest absolute Gasteiger partial charge is 0.0672 e. The highest BCUT2D eigenvalue weighted by Gasteiger charge is 2.04. The van der Waals surface area contributed by atoms with E-state index in [1.807, 2.05) is 29.9 Å². The van der Waals surface area contributed by atoms with Crippen molar-refractivity contribution in [3.8, 4) is 0 Å². The standard InChI is InChI=1S/C13H16N6/c1-19-10(3-5-17-19)2-4-15-13-7-12-9(6-11(13)14)8-16-18-12/h3,5-8,15H,2,4,14H2,1H3,(H,16,18). The van der Waals surface area contributed by atoms with E-state index in [0.717, 1.165) is 35.2 Å². The molecular weight excluding hydrogens is 240 g/mol. The van der Waals surface area contributed by atoms with Gasteiger partial charge >= 0.3 is 0 Å². The first-order chi connectivity index (χ1) is 9.24. The van der Waals surface area contributed by atoms with Gasteiger partial charge in [-0.25, -0.2) is 0 Å². The molecule has 0 aliphatic rings. The second-order valence-electron chi connectivity index (χ2n) is 4.52. The van der Waals surface area contributed by atoms with Gasteiger partial charge < -0.3 is 11.1 Å². The highest BCUT2D eigenvalue weighted by atomic mass is 15.3. The van der Waals surface area contributed by atoms with Crippen molar-refractivity contribution in [1.29, 1.82) is 0 Å². The van der Waals surface area contributed by atoms with Gasteiger partial charge in [0.05, 0.1) is 23.1 Å². The van der Waals surface area contributed by atoms with E-state index < -0.39 is 0 Å². The van der Waals surface area contributed by atoms with E-state index >= 15 is 0 Å². The Hall–Kier alpha value is -2.50. The number of nitrogen functional groups attached to an aromatic ring is 1. The average Bonchev–Trinajstić information content (AvgIpc) is 2.99.